The Balaban J connectivity index is 1.40. The number of amides is 4. The fourth-order valence-electron chi connectivity index (χ4n) is 10.1. The van der Waals surface area contributed by atoms with Gasteiger partial charge in [-0.05, 0) is 101 Å². The first kappa shape index (κ1) is 41.3. The van der Waals surface area contributed by atoms with Gasteiger partial charge in [0.1, 0.15) is 0 Å². The molecule has 296 valence electrons. The molecule has 5 fully saturated rings. The molecule has 0 radical (unpaired) electrons. The van der Waals surface area contributed by atoms with Crippen LogP contribution < -0.4 is 21.3 Å². The van der Waals surface area contributed by atoms with Crippen LogP contribution >= 0.6 is 0 Å². The van der Waals surface area contributed by atoms with E-state index in [1.54, 1.807) is 20.8 Å². The number of Topliss-reactive ketones (excluding diaryl/α,β-unsaturated/α-hetero) is 1. The summed E-state index contributed by atoms with van der Waals surface area (Å²) in [5.74, 6) is 1.12. The summed E-state index contributed by atoms with van der Waals surface area (Å²) in [7, 11) is -3.50. The van der Waals surface area contributed by atoms with E-state index in [4.69, 9.17) is 6.42 Å². The molecule has 5 rings (SSSR count). The highest BCUT2D eigenvalue weighted by Crippen LogP contribution is 2.66. The lowest BCUT2D eigenvalue weighted by molar-refractivity contribution is -0.140. The first-order chi connectivity index (χ1) is 25.0. The predicted molar refractivity (Wildman–Crippen MR) is 207 cm³/mol. The van der Waals surface area contributed by atoms with Crippen molar-refractivity contribution in [3.05, 3.63) is 12.7 Å². The van der Waals surface area contributed by atoms with Gasteiger partial charge in [-0.1, -0.05) is 51.5 Å². The Hall–Kier alpha value is -2.91. The molecule has 4 aliphatic carbocycles. The van der Waals surface area contributed by atoms with E-state index in [0.29, 0.717) is 25.3 Å². The Morgan fingerprint density at radius 2 is 1.60 bits per heavy atom. The van der Waals surface area contributed by atoms with Gasteiger partial charge in [-0.2, -0.15) is 0 Å². The molecule has 53 heavy (non-hydrogen) atoms. The molecule has 5 atom stereocenters. The van der Waals surface area contributed by atoms with Crippen LogP contribution in [0.2, 0.25) is 0 Å². The monoisotopic (exact) mass is 755 g/mol. The number of likely N-dealkylation sites (tertiary alicyclic amines) is 1. The number of hydrogen-bond acceptors (Lipinski definition) is 7. The third-order valence-corrected chi connectivity index (χ3v) is 16.5. The fraction of sp³-hybridized carbons (Fsp3) is 0.805. The number of ketones is 1. The summed E-state index contributed by atoms with van der Waals surface area (Å²) in [6.45, 7) is 12.3. The number of hydrogen-bond donors (Lipinski definition) is 4. The number of rotatable bonds is 15. The number of sulfone groups is 1. The summed E-state index contributed by atoms with van der Waals surface area (Å²) in [5.41, 5.74) is -0.810. The normalized spacial score (nSPS) is 27.0. The van der Waals surface area contributed by atoms with E-state index < -0.39 is 43.9 Å². The number of fused-ring (bicyclic) bond motifs is 2. The lowest BCUT2D eigenvalue weighted by atomic mass is 9.70. The quantitative estimate of drug-likeness (QED) is 0.106. The molecule has 0 aromatic rings. The van der Waals surface area contributed by atoms with Crippen LogP contribution in [0.4, 0.5) is 4.79 Å². The highest BCUT2D eigenvalue weighted by Gasteiger charge is 2.63. The van der Waals surface area contributed by atoms with Crippen molar-refractivity contribution in [1.82, 2.24) is 26.2 Å². The molecule has 12 heteroatoms. The van der Waals surface area contributed by atoms with Crippen molar-refractivity contribution in [2.24, 2.45) is 22.7 Å². The van der Waals surface area contributed by atoms with Crippen LogP contribution in [0.1, 0.15) is 130 Å². The Morgan fingerprint density at radius 1 is 0.962 bits per heavy atom. The van der Waals surface area contributed by atoms with Crippen molar-refractivity contribution < 1.29 is 27.6 Å². The van der Waals surface area contributed by atoms with Gasteiger partial charge in [-0.15, -0.1) is 18.9 Å². The molecule has 4 amide bonds. The molecule has 0 bridgehead atoms. The maximum atomic E-state index is 14.5. The van der Waals surface area contributed by atoms with Crippen LogP contribution in [0.3, 0.4) is 0 Å². The van der Waals surface area contributed by atoms with Gasteiger partial charge in [0.15, 0.2) is 9.84 Å². The molecule has 5 aliphatic rings. The summed E-state index contributed by atoms with van der Waals surface area (Å²) in [6.07, 6.45) is 20.8. The highest BCUT2D eigenvalue weighted by atomic mass is 32.2. The molecular formula is C41H65N5O6S. The van der Waals surface area contributed by atoms with E-state index in [9.17, 15) is 27.6 Å². The van der Waals surface area contributed by atoms with Gasteiger partial charge in [0.25, 0.3) is 5.91 Å². The number of nitrogens with one attached hydrogen (secondary N) is 4. The summed E-state index contributed by atoms with van der Waals surface area (Å²) < 4.78 is 26.1. The number of carbonyl (C=O) groups excluding carboxylic acids is 4. The van der Waals surface area contributed by atoms with E-state index in [1.807, 2.05) is 0 Å². The highest BCUT2D eigenvalue weighted by molar-refractivity contribution is 7.92. The standard InChI is InChI=1S/C41H65N5O6S/c1-7-9-16-31(34(47)36(49)42-25-8-2)43-35(48)33-29-17-22-40(23-24-40)30(29)26-46(33)27-32(39(6)18-12-10-13-19-39)44-37(50)45-41(20-14-11-15-21-41)28-53(51,52)38(3,4)5/h1,8,29-33H,2,9-28H2,3-6H3,(H,42,49)(H,43,48)(H2,44,45,50)/t29-,30-,31?,32+,33-/m0/s1. The van der Waals surface area contributed by atoms with Gasteiger partial charge in [-0.3, -0.25) is 19.3 Å². The molecule has 1 saturated heterocycles. The zero-order valence-electron chi connectivity index (χ0n) is 32.7. The zero-order valence-corrected chi connectivity index (χ0v) is 33.5. The Kier molecular flexibility index (Phi) is 12.8. The van der Waals surface area contributed by atoms with E-state index in [-0.39, 0.29) is 59.9 Å². The van der Waals surface area contributed by atoms with Crippen LogP contribution in [-0.2, 0) is 24.2 Å². The molecule has 1 spiro atoms. The summed E-state index contributed by atoms with van der Waals surface area (Å²) in [4.78, 5) is 56.9. The molecule has 0 aromatic heterocycles. The van der Waals surface area contributed by atoms with Crippen molar-refractivity contribution in [3.8, 4) is 12.3 Å². The molecule has 0 aromatic carbocycles. The van der Waals surface area contributed by atoms with Crippen molar-refractivity contribution in [3.63, 3.8) is 0 Å². The van der Waals surface area contributed by atoms with Crippen molar-refractivity contribution in [2.45, 2.75) is 159 Å². The summed E-state index contributed by atoms with van der Waals surface area (Å²) >= 11 is 0. The maximum Gasteiger partial charge on any atom is 0.315 e. The molecule has 1 aliphatic heterocycles. The second-order valence-electron chi connectivity index (χ2n) is 18.3. The predicted octanol–water partition coefficient (Wildman–Crippen LogP) is 4.80. The van der Waals surface area contributed by atoms with E-state index in [0.717, 1.165) is 83.6 Å². The van der Waals surface area contributed by atoms with Gasteiger partial charge in [0.05, 0.1) is 28.1 Å². The zero-order chi connectivity index (χ0) is 38.7. The van der Waals surface area contributed by atoms with Crippen LogP contribution in [0.15, 0.2) is 12.7 Å². The largest absolute Gasteiger partial charge is 0.346 e. The van der Waals surface area contributed by atoms with Gasteiger partial charge in [-0.25, -0.2) is 13.2 Å². The average molecular weight is 756 g/mol. The SMILES string of the molecule is C#CCCC(NC(=O)[C@@H]1[C@H]2CCC3(CC3)[C@H]2CN1C[C@@H](NC(=O)NC1(CS(=O)(=O)C(C)(C)C)CCCCC1)C1(C)CCCCC1)C(=O)C(=O)NCC=C. The smallest absolute Gasteiger partial charge is 0.315 e. The van der Waals surface area contributed by atoms with Crippen molar-refractivity contribution in [1.29, 1.82) is 0 Å². The minimum Gasteiger partial charge on any atom is -0.346 e. The van der Waals surface area contributed by atoms with Gasteiger partial charge in [0.2, 0.25) is 11.7 Å². The Bertz CT molecular complexity index is 1530. The first-order valence-electron chi connectivity index (χ1n) is 20.2. The van der Waals surface area contributed by atoms with E-state index in [2.05, 4.69) is 45.6 Å². The van der Waals surface area contributed by atoms with Crippen LogP contribution in [0, 0.1) is 35.0 Å². The van der Waals surface area contributed by atoms with Crippen molar-refractivity contribution >= 4 is 33.5 Å². The van der Waals surface area contributed by atoms with E-state index >= 15 is 0 Å². The third kappa shape index (κ3) is 9.32. The summed E-state index contributed by atoms with van der Waals surface area (Å²) in [6, 6.07) is -2.21. The van der Waals surface area contributed by atoms with Crippen LogP contribution in [0.25, 0.3) is 0 Å². The fourth-order valence-corrected chi connectivity index (χ4v) is 11.6. The Morgan fingerprint density at radius 3 is 2.19 bits per heavy atom. The molecule has 11 nitrogen and oxygen atoms in total. The minimum atomic E-state index is -3.50. The maximum absolute atomic E-state index is 14.5. The molecular weight excluding hydrogens is 691 g/mol. The Labute approximate surface area is 318 Å². The summed E-state index contributed by atoms with van der Waals surface area (Å²) in [5, 5.41) is 12.1. The molecule has 1 unspecified atom stereocenters. The van der Waals surface area contributed by atoms with Crippen LogP contribution in [-0.4, -0.2) is 90.7 Å². The average Bonchev–Trinajstić information content (AvgIpc) is 3.69. The van der Waals surface area contributed by atoms with Gasteiger partial charge in [0, 0.05) is 32.1 Å². The first-order valence-corrected chi connectivity index (χ1v) is 21.9. The molecule has 4 N–H and O–H groups in total. The van der Waals surface area contributed by atoms with Crippen molar-refractivity contribution in [2.75, 3.05) is 25.4 Å². The lowest BCUT2D eigenvalue weighted by Gasteiger charge is -2.45. The van der Waals surface area contributed by atoms with E-state index in [1.165, 1.54) is 6.08 Å². The third-order valence-electron chi connectivity index (χ3n) is 13.7. The lowest BCUT2D eigenvalue weighted by Crippen LogP contribution is -2.63. The second-order valence-corrected chi connectivity index (χ2v) is 21.1. The second kappa shape index (κ2) is 16.4. The minimum absolute atomic E-state index is 0.0934. The number of nitrogens with zero attached hydrogens (tertiary/aromatic N) is 1. The van der Waals surface area contributed by atoms with Crippen LogP contribution in [0.5, 0.6) is 0 Å². The van der Waals surface area contributed by atoms with Gasteiger partial charge < -0.3 is 21.3 Å². The number of carbonyl (C=O) groups is 4. The molecule has 1 heterocycles. The van der Waals surface area contributed by atoms with Gasteiger partial charge >= 0.3 is 6.03 Å². The number of urea groups is 1. The topological polar surface area (TPSA) is 154 Å². The molecule has 4 saturated carbocycles. The number of terminal acetylenes is 1.